The maximum Gasteiger partial charge on any atom is 0.327 e. The summed E-state index contributed by atoms with van der Waals surface area (Å²) < 4.78 is 4.88. The van der Waals surface area contributed by atoms with Crippen LogP contribution in [0.25, 0.3) is 0 Å². The van der Waals surface area contributed by atoms with Crippen molar-refractivity contribution in [2.24, 2.45) is 0 Å². The van der Waals surface area contributed by atoms with Crippen molar-refractivity contribution in [1.82, 2.24) is 0 Å². The molecule has 0 aliphatic rings. The summed E-state index contributed by atoms with van der Waals surface area (Å²) in [4.78, 5) is 22.5. The highest BCUT2D eigenvalue weighted by Crippen LogP contribution is 2.24. The molecule has 0 radical (unpaired) electrons. The lowest BCUT2D eigenvalue weighted by molar-refractivity contribution is -0.141. The second-order valence-corrected chi connectivity index (χ2v) is 5.25. The van der Waals surface area contributed by atoms with E-state index in [0.717, 1.165) is 0 Å². The lowest BCUT2D eigenvalue weighted by Crippen LogP contribution is -2.26. The predicted molar refractivity (Wildman–Crippen MR) is 74.8 cm³/mol. The molecule has 1 rings (SSSR count). The van der Waals surface area contributed by atoms with Crippen molar-refractivity contribution in [3.8, 4) is 0 Å². The normalized spacial score (nSPS) is 12.0. The first-order valence-electron chi connectivity index (χ1n) is 5.27. The molecular formula is C12H11BrCl2O3. The van der Waals surface area contributed by atoms with Crippen molar-refractivity contribution < 1.29 is 14.3 Å². The molecule has 1 aromatic carbocycles. The number of ketones is 1. The molecule has 0 aromatic heterocycles. The number of Topliss-reactive ketones (excluding diaryl/α,β-unsaturated/α-hetero) is 1. The summed E-state index contributed by atoms with van der Waals surface area (Å²) >= 11 is 14.6. The lowest BCUT2D eigenvalue weighted by Gasteiger charge is -2.09. The zero-order chi connectivity index (χ0) is 13.7. The number of esters is 1. The summed E-state index contributed by atoms with van der Waals surface area (Å²) in [5.41, 5.74) is 0.305. The van der Waals surface area contributed by atoms with Crippen LogP contribution in [0.2, 0.25) is 10.0 Å². The fraction of sp³-hybridized carbons (Fsp3) is 0.333. The third-order valence-corrected chi connectivity index (χ3v) is 3.62. The Morgan fingerprint density at radius 3 is 2.56 bits per heavy atom. The van der Waals surface area contributed by atoms with Crippen LogP contribution in [-0.2, 0) is 9.53 Å². The summed E-state index contributed by atoms with van der Waals surface area (Å²) in [5, 5.41) is 0.622. The van der Waals surface area contributed by atoms with Gasteiger partial charge in [-0.15, -0.1) is 0 Å². The Kier molecular flexibility index (Phi) is 6.12. The number of benzene rings is 1. The van der Waals surface area contributed by atoms with E-state index in [2.05, 4.69) is 15.9 Å². The minimum atomic E-state index is -1.03. The highest BCUT2D eigenvalue weighted by molar-refractivity contribution is 9.10. The van der Waals surface area contributed by atoms with Crippen molar-refractivity contribution in [1.29, 1.82) is 0 Å². The lowest BCUT2D eigenvalue weighted by atomic mass is 10.1. The first kappa shape index (κ1) is 15.5. The Morgan fingerprint density at radius 2 is 2.00 bits per heavy atom. The molecule has 18 heavy (non-hydrogen) atoms. The number of ether oxygens (including phenoxy) is 1. The highest BCUT2D eigenvalue weighted by atomic mass is 79.9. The summed E-state index contributed by atoms with van der Waals surface area (Å²) in [6.07, 6.45) is 0.701. The van der Waals surface area contributed by atoms with E-state index in [1.807, 2.05) is 6.92 Å². The van der Waals surface area contributed by atoms with Gasteiger partial charge in [-0.1, -0.05) is 46.1 Å². The SMILES string of the molecule is CCCOC(=O)C(Br)C(=O)c1ccc(Cl)c(Cl)c1. The van der Waals surface area contributed by atoms with E-state index in [1.165, 1.54) is 18.2 Å². The van der Waals surface area contributed by atoms with Crippen LogP contribution in [0.3, 0.4) is 0 Å². The molecule has 0 aliphatic carbocycles. The van der Waals surface area contributed by atoms with Gasteiger partial charge in [0.15, 0.2) is 10.6 Å². The van der Waals surface area contributed by atoms with E-state index in [-0.39, 0.29) is 11.6 Å². The Morgan fingerprint density at radius 1 is 1.33 bits per heavy atom. The topological polar surface area (TPSA) is 43.4 Å². The van der Waals surface area contributed by atoms with E-state index in [1.54, 1.807) is 0 Å². The van der Waals surface area contributed by atoms with Crippen LogP contribution in [0.4, 0.5) is 0 Å². The van der Waals surface area contributed by atoms with Crippen LogP contribution < -0.4 is 0 Å². The van der Waals surface area contributed by atoms with Crippen LogP contribution in [0.1, 0.15) is 23.7 Å². The van der Waals surface area contributed by atoms with Crippen molar-refractivity contribution in [3.05, 3.63) is 33.8 Å². The Bertz CT molecular complexity index is 463. The molecule has 0 fully saturated rings. The van der Waals surface area contributed by atoms with Gasteiger partial charge in [0.25, 0.3) is 0 Å². The fourth-order valence-corrected chi connectivity index (χ4v) is 1.87. The molecule has 0 saturated carbocycles. The molecule has 1 aromatic rings. The monoisotopic (exact) mass is 352 g/mol. The van der Waals surface area contributed by atoms with Gasteiger partial charge < -0.3 is 4.74 Å². The third kappa shape index (κ3) is 3.97. The predicted octanol–water partition coefficient (Wildman–Crippen LogP) is 3.89. The molecule has 0 spiro atoms. The smallest absolute Gasteiger partial charge is 0.327 e. The van der Waals surface area contributed by atoms with Gasteiger partial charge >= 0.3 is 5.97 Å². The Balaban J connectivity index is 2.79. The standard InChI is InChI=1S/C12H11BrCl2O3/c1-2-5-18-12(17)10(13)11(16)7-3-4-8(14)9(15)6-7/h3-4,6,10H,2,5H2,1H3. The molecule has 0 N–H and O–H groups in total. The van der Waals surface area contributed by atoms with Crippen LogP contribution in [0, 0.1) is 0 Å². The van der Waals surface area contributed by atoms with Gasteiger partial charge in [0.2, 0.25) is 0 Å². The van der Waals surface area contributed by atoms with Crippen LogP contribution in [0.15, 0.2) is 18.2 Å². The molecule has 0 amide bonds. The van der Waals surface area contributed by atoms with Gasteiger partial charge in [-0.05, 0) is 24.6 Å². The average Bonchev–Trinajstić information content (AvgIpc) is 2.37. The third-order valence-electron chi connectivity index (χ3n) is 2.09. The van der Waals surface area contributed by atoms with Gasteiger partial charge in [0, 0.05) is 5.56 Å². The van der Waals surface area contributed by atoms with Gasteiger partial charge in [-0.25, -0.2) is 0 Å². The van der Waals surface area contributed by atoms with Crippen molar-refractivity contribution >= 4 is 50.9 Å². The van der Waals surface area contributed by atoms with E-state index in [4.69, 9.17) is 27.9 Å². The maximum absolute atomic E-state index is 12.0. The van der Waals surface area contributed by atoms with Crippen molar-refractivity contribution in [2.45, 2.75) is 18.2 Å². The van der Waals surface area contributed by atoms with Gasteiger partial charge in [0.05, 0.1) is 16.7 Å². The average molecular weight is 354 g/mol. The fourth-order valence-electron chi connectivity index (χ4n) is 1.18. The molecule has 98 valence electrons. The summed E-state index contributed by atoms with van der Waals surface area (Å²) in [7, 11) is 0. The van der Waals surface area contributed by atoms with Crippen LogP contribution >= 0.6 is 39.1 Å². The zero-order valence-electron chi connectivity index (χ0n) is 9.58. The Hall–Kier alpha value is -0.580. The summed E-state index contributed by atoms with van der Waals surface area (Å²) in [5.74, 6) is -1.01. The van der Waals surface area contributed by atoms with Crippen LogP contribution in [0.5, 0.6) is 0 Å². The molecule has 0 bridgehead atoms. The number of carbonyl (C=O) groups excluding carboxylic acids is 2. The number of hydrogen-bond donors (Lipinski definition) is 0. The molecule has 0 heterocycles. The molecule has 3 nitrogen and oxygen atoms in total. The second kappa shape index (κ2) is 7.12. The van der Waals surface area contributed by atoms with Gasteiger partial charge in [-0.2, -0.15) is 0 Å². The first-order valence-corrected chi connectivity index (χ1v) is 6.94. The number of alkyl halides is 1. The summed E-state index contributed by atoms with van der Waals surface area (Å²) in [6, 6.07) is 4.44. The molecule has 1 atom stereocenters. The zero-order valence-corrected chi connectivity index (χ0v) is 12.7. The molecule has 1 unspecified atom stereocenters. The molecule has 6 heteroatoms. The number of halogens is 3. The van der Waals surface area contributed by atoms with Gasteiger partial charge in [-0.3, -0.25) is 9.59 Å². The first-order chi connectivity index (χ1) is 8.47. The molecule has 0 aliphatic heterocycles. The second-order valence-electron chi connectivity index (χ2n) is 3.52. The number of carbonyl (C=O) groups is 2. The minimum absolute atomic E-state index is 0.268. The molecular weight excluding hydrogens is 343 g/mol. The van der Waals surface area contributed by atoms with E-state index < -0.39 is 16.6 Å². The van der Waals surface area contributed by atoms with Crippen LogP contribution in [-0.4, -0.2) is 23.2 Å². The van der Waals surface area contributed by atoms with E-state index in [9.17, 15) is 9.59 Å². The maximum atomic E-state index is 12.0. The van der Waals surface area contributed by atoms with E-state index in [0.29, 0.717) is 17.0 Å². The quantitative estimate of drug-likeness (QED) is 0.349. The van der Waals surface area contributed by atoms with Crippen molar-refractivity contribution in [2.75, 3.05) is 6.61 Å². The highest BCUT2D eigenvalue weighted by Gasteiger charge is 2.26. The number of rotatable bonds is 5. The molecule has 0 saturated heterocycles. The minimum Gasteiger partial charge on any atom is -0.465 e. The van der Waals surface area contributed by atoms with Crippen molar-refractivity contribution in [3.63, 3.8) is 0 Å². The largest absolute Gasteiger partial charge is 0.465 e. The summed E-state index contributed by atoms with van der Waals surface area (Å²) in [6.45, 7) is 2.16. The Labute approximate surface area is 124 Å². The number of hydrogen-bond acceptors (Lipinski definition) is 3. The van der Waals surface area contributed by atoms with Gasteiger partial charge in [0.1, 0.15) is 0 Å². The van der Waals surface area contributed by atoms with E-state index >= 15 is 0 Å².